The van der Waals surface area contributed by atoms with Crippen LogP contribution in [0.2, 0.25) is 0 Å². The van der Waals surface area contributed by atoms with E-state index in [1.54, 1.807) is 0 Å². The Bertz CT molecular complexity index is 493. The molecular formula is C18H24O7. The predicted molar refractivity (Wildman–Crippen MR) is 87.2 cm³/mol. The predicted octanol–water partition coefficient (Wildman–Crippen LogP) is 1.04. The minimum atomic E-state index is 0.282. The highest BCUT2D eigenvalue weighted by atomic mass is 16.6. The van der Waals surface area contributed by atoms with Crippen LogP contribution >= 0.6 is 0 Å². The van der Waals surface area contributed by atoms with E-state index in [4.69, 9.17) is 33.2 Å². The van der Waals surface area contributed by atoms with Crippen molar-refractivity contribution in [2.45, 2.75) is 24.4 Å². The lowest BCUT2D eigenvalue weighted by molar-refractivity contribution is 0.102. The van der Waals surface area contributed by atoms with E-state index < -0.39 is 0 Å². The normalized spacial score (nSPS) is 30.7. The average molecular weight is 352 g/mol. The van der Waals surface area contributed by atoms with E-state index in [2.05, 4.69) is 0 Å². The quantitative estimate of drug-likeness (QED) is 0.582. The Hall–Kier alpha value is -1.38. The van der Waals surface area contributed by atoms with Gasteiger partial charge in [0.25, 0.3) is 0 Å². The van der Waals surface area contributed by atoms with Gasteiger partial charge in [-0.3, -0.25) is 0 Å². The monoisotopic (exact) mass is 352 g/mol. The van der Waals surface area contributed by atoms with Gasteiger partial charge in [-0.25, -0.2) is 0 Å². The second-order valence-corrected chi connectivity index (χ2v) is 6.46. The maximum absolute atomic E-state index is 5.56. The number of ether oxygens (including phenoxy) is 7. The minimum absolute atomic E-state index is 0.282. The van der Waals surface area contributed by atoms with Crippen LogP contribution in [-0.2, 0) is 23.7 Å². The van der Waals surface area contributed by atoms with Crippen LogP contribution in [0.4, 0.5) is 0 Å². The molecule has 7 nitrogen and oxygen atoms in total. The molecule has 0 N–H and O–H groups in total. The fourth-order valence-corrected chi connectivity index (χ4v) is 2.02. The summed E-state index contributed by atoms with van der Waals surface area (Å²) in [5, 5.41) is 0. The molecule has 4 saturated heterocycles. The van der Waals surface area contributed by atoms with E-state index in [0.29, 0.717) is 25.4 Å². The zero-order valence-electron chi connectivity index (χ0n) is 14.1. The van der Waals surface area contributed by atoms with E-state index in [1.165, 1.54) is 0 Å². The number of hydrogen-bond acceptors (Lipinski definition) is 7. The summed E-state index contributed by atoms with van der Waals surface area (Å²) in [6.45, 7) is 6.13. The fraction of sp³-hybridized carbons (Fsp3) is 0.667. The van der Waals surface area contributed by atoms with Gasteiger partial charge in [0.05, 0.1) is 39.6 Å². The lowest BCUT2D eigenvalue weighted by atomic mass is 10.3. The zero-order valence-corrected chi connectivity index (χ0v) is 14.1. The average Bonchev–Trinajstić information content (AvgIpc) is 3.50. The van der Waals surface area contributed by atoms with Crippen molar-refractivity contribution < 1.29 is 33.2 Å². The molecule has 4 heterocycles. The summed E-state index contributed by atoms with van der Waals surface area (Å²) in [4.78, 5) is 0. The molecule has 4 fully saturated rings. The van der Waals surface area contributed by atoms with Gasteiger partial charge in [0.1, 0.15) is 49.1 Å². The van der Waals surface area contributed by atoms with Gasteiger partial charge in [-0.15, -0.1) is 0 Å². The van der Waals surface area contributed by atoms with Crippen molar-refractivity contribution in [3.63, 3.8) is 0 Å². The van der Waals surface area contributed by atoms with Crippen LogP contribution in [0.1, 0.15) is 0 Å². The lowest BCUT2D eigenvalue weighted by Gasteiger charge is -2.07. The largest absolute Gasteiger partial charge is 0.491 e. The number of epoxide rings is 4. The Labute approximate surface area is 147 Å². The number of hydrogen-bond donors (Lipinski definition) is 0. The Balaban J connectivity index is 0.000000147. The summed E-state index contributed by atoms with van der Waals surface area (Å²) in [6, 6.07) is 7.66. The van der Waals surface area contributed by atoms with Crippen LogP contribution in [0.3, 0.4) is 0 Å². The van der Waals surface area contributed by atoms with E-state index in [9.17, 15) is 0 Å². The molecule has 138 valence electrons. The summed E-state index contributed by atoms with van der Waals surface area (Å²) in [5.41, 5.74) is 0. The molecule has 0 amide bonds. The SMILES string of the molecule is C(OCC1CO1)C1CO1.c1cc(OCC2CO2)cc(OCC2CO2)c1. The van der Waals surface area contributed by atoms with Gasteiger partial charge in [-0.05, 0) is 12.1 Å². The summed E-state index contributed by atoms with van der Waals surface area (Å²) in [7, 11) is 0. The molecule has 7 heteroatoms. The highest BCUT2D eigenvalue weighted by Gasteiger charge is 2.26. The van der Waals surface area contributed by atoms with Crippen molar-refractivity contribution >= 4 is 0 Å². The molecule has 4 atom stereocenters. The highest BCUT2D eigenvalue weighted by molar-refractivity contribution is 5.33. The molecule has 0 aromatic heterocycles. The van der Waals surface area contributed by atoms with E-state index in [-0.39, 0.29) is 12.2 Å². The fourth-order valence-electron chi connectivity index (χ4n) is 2.02. The van der Waals surface area contributed by atoms with Crippen LogP contribution in [0, 0.1) is 0 Å². The van der Waals surface area contributed by atoms with Crippen LogP contribution < -0.4 is 9.47 Å². The standard InChI is InChI=1S/C12H14O4.C6H10O3/c1-2-9(13-5-11-7-15-11)4-10(3-1)14-6-12-8-16-12;1(5-3-8-5)7-2-6-4-9-6/h1-4,11-12H,5-8H2;5-6H,1-4H2. The number of rotatable bonds is 10. The van der Waals surface area contributed by atoms with E-state index in [0.717, 1.165) is 51.1 Å². The van der Waals surface area contributed by atoms with E-state index in [1.807, 2.05) is 24.3 Å². The first-order valence-electron chi connectivity index (χ1n) is 8.75. The first kappa shape index (κ1) is 17.1. The molecule has 0 aliphatic carbocycles. The smallest absolute Gasteiger partial charge is 0.123 e. The topological polar surface area (TPSA) is 77.8 Å². The molecule has 0 radical (unpaired) electrons. The van der Waals surface area contributed by atoms with Crippen molar-refractivity contribution in [2.75, 3.05) is 52.9 Å². The van der Waals surface area contributed by atoms with Gasteiger partial charge in [-0.1, -0.05) is 6.07 Å². The molecule has 1 aromatic rings. The summed E-state index contributed by atoms with van der Waals surface area (Å²) in [5.74, 6) is 1.65. The number of benzene rings is 1. The first-order valence-corrected chi connectivity index (χ1v) is 8.75. The van der Waals surface area contributed by atoms with Crippen LogP contribution in [-0.4, -0.2) is 77.3 Å². The molecule has 4 aliphatic heterocycles. The van der Waals surface area contributed by atoms with Gasteiger partial charge in [0.15, 0.2) is 0 Å². The van der Waals surface area contributed by atoms with Gasteiger partial charge in [-0.2, -0.15) is 0 Å². The Morgan fingerprint density at radius 1 is 0.680 bits per heavy atom. The van der Waals surface area contributed by atoms with Gasteiger partial charge in [0, 0.05) is 6.07 Å². The van der Waals surface area contributed by atoms with Crippen LogP contribution in [0.15, 0.2) is 24.3 Å². The molecule has 0 spiro atoms. The second kappa shape index (κ2) is 8.33. The first-order chi connectivity index (χ1) is 12.3. The summed E-state index contributed by atoms with van der Waals surface area (Å²) < 4.78 is 36.4. The van der Waals surface area contributed by atoms with Crippen molar-refractivity contribution in [1.82, 2.24) is 0 Å². The van der Waals surface area contributed by atoms with Crippen molar-refractivity contribution in [3.05, 3.63) is 24.3 Å². The molecule has 4 unspecified atom stereocenters. The molecular weight excluding hydrogens is 328 g/mol. The van der Waals surface area contributed by atoms with Gasteiger partial charge in [0.2, 0.25) is 0 Å². The Morgan fingerprint density at radius 3 is 1.48 bits per heavy atom. The summed E-state index contributed by atoms with van der Waals surface area (Å²) in [6.07, 6.45) is 1.35. The highest BCUT2D eigenvalue weighted by Crippen LogP contribution is 2.22. The third kappa shape index (κ3) is 7.17. The van der Waals surface area contributed by atoms with Crippen molar-refractivity contribution in [1.29, 1.82) is 0 Å². The second-order valence-electron chi connectivity index (χ2n) is 6.46. The van der Waals surface area contributed by atoms with Crippen molar-refractivity contribution in [2.24, 2.45) is 0 Å². The lowest BCUT2D eigenvalue weighted by Crippen LogP contribution is -2.06. The summed E-state index contributed by atoms with van der Waals surface area (Å²) >= 11 is 0. The van der Waals surface area contributed by atoms with Crippen LogP contribution in [0.25, 0.3) is 0 Å². The minimum Gasteiger partial charge on any atom is -0.491 e. The third-order valence-electron chi connectivity index (χ3n) is 3.89. The van der Waals surface area contributed by atoms with Crippen LogP contribution in [0.5, 0.6) is 11.5 Å². The maximum atomic E-state index is 5.56. The molecule has 25 heavy (non-hydrogen) atoms. The Morgan fingerprint density at radius 2 is 1.08 bits per heavy atom. The zero-order chi connectivity index (χ0) is 16.9. The molecule has 0 bridgehead atoms. The Kier molecular flexibility index (Phi) is 5.68. The maximum Gasteiger partial charge on any atom is 0.123 e. The van der Waals surface area contributed by atoms with Crippen molar-refractivity contribution in [3.8, 4) is 11.5 Å². The van der Waals surface area contributed by atoms with Gasteiger partial charge >= 0.3 is 0 Å². The van der Waals surface area contributed by atoms with Gasteiger partial charge < -0.3 is 33.2 Å². The van der Waals surface area contributed by atoms with E-state index >= 15 is 0 Å². The molecule has 1 aromatic carbocycles. The molecule has 5 rings (SSSR count). The third-order valence-corrected chi connectivity index (χ3v) is 3.89. The molecule has 0 saturated carbocycles. The molecule has 4 aliphatic rings.